The summed E-state index contributed by atoms with van der Waals surface area (Å²) in [5, 5.41) is 9.13. The van der Waals surface area contributed by atoms with E-state index in [9.17, 15) is 14.0 Å². The van der Waals surface area contributed by atoms with Crippen molar-refractivity contribution in [3.8, 4) is 16.2 Å². The molecule has 0 aliphatic rings. The number of carbonyl (C=O) groups is 2. The summed E-state index contributed by atoms with van der Waals surface area (Å²) < 4.78 is 19.3. The highest BCUT2D eigenvalue weighted by molar-refractivity contribution is 7.15. The Balaban J connectivity index is 1.65. The van der Waals surface area contributed by atoms with Gasteiger partial charge in [-0.1, -0.05) is 6.07 Å². The van der Waals surface area contributed by atoms with Crippen molar-refractivity contribution < 1.29 is 23.8 Å². The lowest BCUT2D eigenvalue weighted by Crippen LogP contribution is -2.30. The lowest BCUT2D eigenvalue weighted by atomic mass is 10.1. The van der Waals surface area contributed by atoms with Gasteiger partial charge in [-0.3, -0.25) is 4.79 Å². The maximum Gasteiger partial charge on any atom is 0.335 e. The second kappa shape index (κ2) is 9.89. The van der Waals surface area contributed by atoms with Crippen LogP contribution in [0.4, 0.5) is 10.1 Å². The van der Waals surface area contributed by atoms with Crippen molar-refractivity contribution in [2.75, 3.05) is 12.0 Å². The third-order valence-corrected chi connectivity index (χ3v) is 6.52. The van der Waals surface area contributed by atoms with Crippen molar-refractivity contribution in [1.82, 2.24) is 0 Å². The monoisotopic (exact) mass is 475 g/mol. The zero-order valence-corrected chi connectivity index (χ0v) is 19.4. The van der Waals surface area contributed by atoms with Crippen molar-refractivity contribution in [1.29, 1.82) is 0 Å². The summed E-state index contributed by atoms with van der Waals surface area (Å²) in [6.45, 7) is 2.22. The molecule has 0 unspecified atom stereocenters. The Morgan fingerprint density at radius 2 is 1.71 bits per heavy atom. The fourth-order valence-electron chi connectivity index (χ4n) is 3.64. The summed E-state index contributed by atoms with van der Waals surface area (Å²) in [6.07, 6.45) is 0. The van der Waals surface area contributed by atoms with E-state index in [1.807, 2.05) is 37.3 Å². The van der Waals surface area contributed by atoms with Gasteiger partial charge in [0.25, 0.3) is 5.91 Å². The molecule has 0 spiro atoms. The normalized spacial score (nSPS) is 10.7. The van der Waals surface area contributed by atoms with Crippen molar-refractivity contribution in [2.45, 2.75) is 13.5 Å². The van der Waals surface area contributed by atoms with Crippen LogP contribution in [0.5, 0.6) is 5.75 Å². The van der Waals surface area contributed by atoms with Gasteiger partial charge in [0.1, 0.15) is 11.6 Å². The van der Waals surface area contributed by atoms with E-state index in [1.165, 1.54) is 41.3 Å². The average molecular weight is 476 g/mol. The van der Waals surface area contributed by atoms with Gasteiger partial charge in [-0.05, 0) is 90.8 Å². The van der Waals surface area contributed by atoms with Gasteiger partial charge in [0, 0.05) is 21.0 Å². The topological polar surface area (TPSA) is 66.8 Å². The molecule has 172 valence electrons. The Morgan fingerprint density at radius 3 is 2.35 bits per heavy atom. The van der Waals surface area contributed by atoms with Crippen molar-refractivity contribution in [2.24, 2.45) is 0 Å². The predicted molar refractivity (Wildman–Crippen MR) is 131 cm³/mol. The number of carboxylic acid groups (broad SMARTS) is 1. The zero-order chi connectivity index (χ0) is 24.2. The molecule has 0 aliphatic carbocycles. The molecule has 3 aromatic carbocycles. The number of rotatable bonds is 7. The molecule has 4 aromatic rings. The number of carboxylic acids is 1. The molecular formula is C27H22FNO4S. The molecule has 0 bridgehead atoms. The van der Waals surface area contributed by atoms with Crippen LogP contribution in [0.15, 0.2) is 78.9 Å². The first-order valence-electron chi connectivity index (χ1n) is 10.5. The Bertz CT molecular complexity index is 1350. The first-order chi connectivity index (χ1) is 16.4. The van der Waals surface area contributed by atoms with Crippen molar-refractivity contribution in [3.63, 3.8) is 0 Å². The van der Waals surface area contributed by atoms with Gasteiger partial charge >= 0.3 is 5.97 Å². The van der Waals surface area contributed by atoms with Gasteiger partial charge in [0.2, 0.25) is 0 Å². The smallest absolute Gasteiger partial charge is 0.335 e. The number of nitrogens with zero attached hydrogens (tertiary/aromatic N) is 1. The van der Waals surface area contributed by atoms with Crippen LogP contribution in [-0.2, 0) is 6.54 Å². The third kappa shape index (κ3) is 5.00. The molecule has 1 amide bonds. The first kappa shape index (κ1) is 23.2. The summed E-state index contributed by atoms with van der Waals surface area (Å²) in [5.41, 5.74) is 2.89. The number of methoxy groups -OCH3 is 1. The molecule has 1 aromatic heterocycles. The molecular weight excluding hydrogens is 453 g/mol. The number of thiophene rings is 1. The highest BCUT2D eigenvalue weighted by Crippen LogP contribution is 2.33. The number of anilines is 1. The van der Waals surface area contributed by atoms with Crippen molar-refractivity contribution >= 4 is 28.9 Å². The molecule has 0 saturated heterocycles. The van der Waals surface area contributed by atoms with E-state index in [2.05, 4.69) is 0 Å². The number of halogens is 1. The lowest BCUT2D eigenvalue weighted by Gasteiger charge is -2.22. The number of aromatic carboxylic acids is 1. The number of benzene rings is 3. The summed E-state index contributed by atoms with van der Waals surface area (Å²) in [4.78, 5) is 28.0. The maximum absolute atomic E-state index is 14.0. The minimum atomic E-state index is -1.07. The third-order valence-electron chi connectivity index (χ3n) is 5.40. The summed E-state index contributed by atoms with van der Waals surface area (Å²) in [5.74, 6) is -1.05. The van der Waals surface area contributed by atoms with Crippen LogP contribution in [-0.4, -0.2) is 24.1 Å². The highest BCUT2D eigenvalue weighted by Gasteiger charge is 2.20. The first-order valence-corrected chi connectivity index (χ1v) is 11.3. The molecule has 0 atom stereocenters. The largest absolute Gasteiger partial charge is 0.496 e. The quantitative estimate of drug-likeness (QED) is 0.335. The highest BCUT2D eigenvalue weighted by atomic mass is 32.1. The predicted octanol–water partition coefficient (Wildman–Crippen LogP) is 6.42. The molecule has 0 radical (unpaired) electrons. The molecule has 5 nitrogen and oxygen atoms in total. The van der Waals surface area contributed by atoms with Crippen LogP contribution in [0.25, 0.3) is 10.4 Å². The Kier molecular flexibility index (Phi) is 6.75. The minimum absolute atomic E-state index is 0.0894. The summed E-state index contributed by atoms with van der Waals surface area (Å²) >= 11 is 1.55. The Hall–Kier alpha value is -3.97. The second-order valence-electron chi connectivity index (χ2n) is 7.70. The molecule has 1 heterocycles. The zero-order valence-electron chi connectivity index (χ0n) is 18.6. The molecule has 4 rings (SSSR count). The maximum atomic E-state index is 14.0. The number of aryl methyl sites for hydroxylation is 1. The van der Waals surface area contributed by atoms with E-state index in [0.717, 1.165) is 26.6 Å². The molecule has 1 N–H and O–H groups in total. The van der Waals surface area contributed by atoms with Gasteiger partial charge in [0.15, 0.2) is 0 Å². The molecule has 34 heavy (non-hydrogen) atoms. The van der Waals surface area contributed by atoms with Crippen LogP contribution >= 0.6 is 11.3 Å². The van der Waals surface area contributed by atoms with Gasteiger partial charge in [-0.15, -0.1) is 11.3 Å². The standard InChI is InChI=1S/C27H22FNO4S/c1-17-14-20(10-12-24(17)33-2)25-13-11-23(34-25)16-29(22-5-3-4-21(28)15-22)26(30)18-6-8-19(9-7-18)27(31)32/h3-15H,16H2,1-2H3,(H,31,32). The number of hydrogen-bond donors (Lipinski definition) is 1. The van der Waals surface area contributed by atoms with E-state index in [4.69, 9.17) is 9.84 Å². The molecule has 7 heteroatoms. The van der Waals surface area contributed by atoms with Gasteiger partial charge < -0.3 is 14.7 Å². The van der Waals surface area contributed by atoms with Crippen LogP contribution in [0.3, 0.4) is 0 Å². The van der Waals surface area contributed by atoms with E-state index in [1.54, 1.807) is 30.6 Å². The second-order valence-corrected chi connectivity index (χ2v) is 8.87. The molecule has 0 fully saturated rings. The molecule has 0 aliphatic heterocycles. The van der Waals surface area contributed by atoms with E-state index >= 15 is 0 Å². The van der Waals surface area contributed by atoms with Crippen LogP contribution in [0, 0.1) is 12.7 Å². The average Bonchev–Trinajstić information content (AvgIpc) is 3.31. The summed E-state index contributed by atoms with van der Waals surface area (Å²) in [6, 6.07) is 21.5. The number of amides is 1. The SMILES string of the molecule is COc1ccc(-c2ccc(CN(C(=O)c3ccc(C(=O)O)cc3)c3cccc(F)c3)s2)cc1C. The lowest BCUT2D eigenvalue weighted by molar-refractivity contribution is 0.0696. The van der Waals surface area contributed by atoms with Crippen LogP contribution < -0.4 is 9.64 Å². The Morgan fingerprint density at radius 1 is 0.971 bits per heavy atom. The fourth-order valence-corrected chi connectivity index (χ4v) is 4.63. The van der Waals surface area contributed by atoms with E-state index in [-0.39, 0.29) is 18.0 Å². The van der Waals surface area contributed by atoms with Crippen LogP contribution in [0.2, 0.25) is 0 Å². The van der Waals surface area contributed by atoms with Crippen molar-refractivity contribution in [3.05, 3.63) is 106 Å². The minimum Gasteiger partial charge on any atom is -0.496 e. The number of hydrogen-bond acceptors (Lipinski definition) is 4. The van der Waals surface area contributed by atoms with Gasteiger partial charge in [0.05, 0.1) is 19.2 Å². The molecule has 0 saturated carbocycles. The van der Waals surface area contributed by atoms with Gasteiger partial charge in [-0.2, -0.15) is 0 Å². The number of ether oxygens (including phenoxy) is 1. The Labute approximate surface area is 200 Å². The van der Waals surface area contributed by atoms with E-state index < -0.39 is 11.8 Å². The van der Waals surface area contributed by atoms with Gasteiger partial charge in [-0.25, -0.2) is 9.18 Å². The number of carbonyl (C=O) groups excluding carboxylic acids is 1. The van der Waals surface area contributed by atoms with E-state index in [0.29, 0.717) is 11.3 Å². The summed E-state index contributed by atoms with van der Waals surface area (Å²) in [7, 11) is 1.64. The van der Waals surface area contributed by atoms with Crippen LogP contribution in [0.1, 0.15) is 31.2 Å². The fraction of sp³-hybridized carbons (Fsp3) is 0.111.